The highest BCUT2D eigenvalue weighted by atomic mass is 35.5. The van der Waals surface area contributed by atoms with Crippen molar-refractivity contribution in [1.82, 2.24) is 10.2 Å². The van der Waals surface area contributed by atoms with Gasteiger partial charge < -0.3 is 5.32 Å². The fourth-order valence-corrected chi connectivity index (χ4v) is 3.59. The molecule has 1 aliphatic heterocycles. The second kappa shape index (κ2) is 8.10. The van der Waals surface area contributed by atoms with Crippen LogP contribution in [0.5, 0.6) is 0 Å². The molecule has 7 heteroatoms. The van der Waals surface area contributed by atoms with Gasteiger partial charge >= 0.3 is 5.51 Å². The molecule has 0 aromatic heterocycles. The second-order valence-corrected chi connectivity index (χ2v) is 7.24. The molecule has 1 saturated heterocycles. The van der Waals surface area contributed by atoms with Crippen LogP contribution in [0.3, 0.4) is 0 Å². The van der Waals surface area contributed by atoms with Gasteiger partial charge in [-0.15, -0.1) is 12.4 Å². The van der Waals surface area contributed by atoms with Crippen LogP contribution < -0.4 is 5.32 Å². The molecule has 23 heavy (non-hydrogen) atoms. The average Bonchev–Trinajstić information content (AvgIpc) is 3.29. The van der Waals surface area contributed by atoms with Gasteiger partial charge in [0.05, 0.1) is 0 Å². The lowest BCUT2D eigenvalue weighted by Gasteiger charge is -2.35. The molecular weight excluding hydrogens is 345 g/mol. The highest BCUT2D eigenvalue weighted by Gasteiger charge is 2.31. The smallest absolute Gasteiger partial charge is 0.314 e. The van der Waals surface area contributed by atoms with Crippen LogP contribution in [0.25, 0.3) is 0 Å². The number of piperazine rings is 1. The van der Waals surface area contributed by atoms with Gasteiger partial charge in [0.1, 0.15) is 0 Å². The van der Waals surface area contributed by atoms with Crippen LogP contribution in [-0.2, 0) is 0 Å². The van der Waals surface area contributed by atoms with Crippen molar-refractivity contribution in [1.29, 1.82) is 0 Å². The highest BCUT2D eigenvalue weighted by Crippen LogP contribution is 2.41. The molecule has 0 bridgehead atoms. The third-order valence-corrected chi connectivity index (χ3v) is 5.08. The summed E-state index contributed by atoms with van der Waals surface area (Å²) in [6.45, 7) is 4.00. The predicted octanol–water partition coefficient (Wildman–Crippen LogP) is 4.47. The van der Waals surface area contributed by atoms with Crippen LogP contribution >= 0.6 is 24.2 Å². The van der Waals surface area contributed by atoms with Crippen LogP contribution in [0, 0.1) is 5.92 Å². The van der Waals surface area contributed by atoms with Gasteiger partial charge in [0.25, 0.3) is 0 Å². The number of alkyl halides is 3. The zero-order chi connectivity index (χ0) is 15.6. The number of hydrogen-bond acceptors (Lipinski definition) is 3. The summed E-state index contributed by atoms with van der Waals surface area (Å²) in [7, 11) is 0. The second-order valence-electron chi connectivity index (χ2n) is 6.10. The minimum absolute atomic E-state index is 0. The van der Waals surface area contributed by atoms with Crippen molar-refractivity contribution in [2.24, 2.45) is 5.92 Å². The highest BCUT2D eigenvalue weighted by molar-refractivity contribution is 8.00. The molecule has 1 aliphatic carbocycles. The molecule has 0 spiro atoms. The van der Waals surface area contributed by atoms with Gasteiger partial charge in [-0.1, -0.05) is 25.0 Å². The fraction of sp³-hybridized carbons (Fsp3) is 0.625. The monoisotopic (exact) mass is 366 g/mol. The third kappa shape index (κ3) is 5.85. The molecule has 1 N–H and O–H groups in total. The Kier molecular flexibility index (Phi) is 6.66. The van der Waals surface area contributed by atoms with Gasteiger partial charge in [0, 0.05) is 37.1 Å². The number of nitrogens with one attached hydrogen (secondary N) is 1. The lowest BCUT2D eigenvalue weighted by Crippen LogP contribution is -2.45. The molecule has 2 fully saturated rings. The van der Waals surface area contributed by atoms with Crippen LogP contribution in [0.4, 0.5) is 13.2 Å². The first kappa shape index (κ1) is 18.9. The number of halogens is 4. The van der Waals surface area contributed by atoms with E-state index in [1.807, 2.05) is 12.1 Å². The van der Waals surface area contributed by atoms with Gasteiger partial charge in [0.2, 0.25) is 0 Å². The van der Waals surface area contributed by atoms with E-state index >= 15 is 0 Å². The summed E-state index contributed by atoms with van der Waals surface area (Å²) in [4.78, 5) is 2.74. The molecule has 1 aromatic rings. The Balaban J connectivity index is 0.00000192. The van der Waals surface area contributed by atoms with E-state index in [4.69, 9.17) is 0 Å². The van der Waals surface area contributed by atoms with E-state index in [0.717, 1.165) is 44.1 Å². The predicted molar refractivity (Wildman–Crippen MR) is 90.1 cm³/mol. The molecule has 130 valence electrons. The van der Waals surface area contributed by atoms with Crippen LogP contribution in [-0.4, -0.2) is 36.6 Å². The summed E-state index contributed by atoms with van der Waals surface area (Å²) in [5.41, 5.74) is -3.06. The zero-order valence-corrected chi connectivity index (χ0v) is 14.4. The first-order valence-corrected chi connectivity index (χ1v) is 8.63. The zero-order valence-electron chi connectivity index (χ0n) is 12.8. The van der Waals surface area contributed by atoms with E-state index in [-0.39, 0.29) is 29.1 Å². The minimum atomic E-state index is -4.21. The van der Waals surface area contributed by atoms with Crippen molar-refractivity contribution in [3.8, 4) is 0 Å². The number of benzene rings is 1. The average molecular weight is 367 g/mol. The van der Waals surface area contributed by atoms with Gasteiger partial charge in [0.15, 0.2) is 0 Å². The van der Waals surface area contributed by atoms with Gasteiger partial charge in [-0.25, -0.2) is 0 Å². The number of rotatable bonds is 5. The molecule has 1 atom stereocenters. The quantitative estimate of drug-likeness (QED) is 0.774. The lowest BCUT2D eigenvalue weighted by atomic mass is 9.99. The normalized spacial score (nSPS) is 20.8. The third-order valence-electron chi connectivity index (χ3n) is 4.34. The summed E-state index contributed by atoms with van der Waals surface area (Å²) in [5, 5.41) is 3.35. The molecule has 2 aliphatic rings. The standard InChI is InChI=1S/C16H21F3N2S.ClH/c17-16(18,19)22-14-5-3-13(4-6-14)15(11-12-1-2-12)21-9-7-20-8-10-21;/h3-6,12,15,20H,1-2,7-11H2;1H/t15-;/m0./s1. The van der Waals surface area contributed by atoms with Crippen LogP contribution in [0.1, 0.15) is 30.9 Å². The summed E-state index contributed by atoms with van der Waals surface area (Å²) in [6.07, 6.45) is 3.72. The Morgan fingerprint density at radius 1 is 1.13 bits per heavy atom. The topological polar surface area (TPSA) is 15.3 Å². The lowest BCUT2D eigenvalue weighted by molar-refractivity contribution is -0.0328. The Labute approximate surface area is 145 Å². The van der Waals surface area contributed by atoms with Crippen molar-refractivity contribution in [3.63, 3.8) is 0 Å². The van der Waals surface area contributed by atoms with E-state index in [1.165, 1.54) is 12.8 Å². The van der Waals surface area contributed by atoms with Crippen molar-refractivity contribution in [2.75, 3.05) is 26.2 Å². The maximum atomic E-state index is 12.4. The van der Waals surface area contributed by atoms with E-state index in [2.05, 4.69) is 10.2 Å². The van der Waals surface area contributed by atoms with Crippen molar-refractivity contribution in [2.45, 2.75) is 35.7 Å². The van der Waals surface area contributed by atoms with E-state index in [9.17, 15) is 13.2 Å². The Bertz CT molecular complexity index is 485. The molecule has 0 radical (unpaired) electrons. The van der Waals surface area contributed by atoms with Gasteiger partial charge in [-0.05, 0) is 41.8 Å². The first-order chi connectivity index (χ1) is 10.5. The van der Waals surface area contributed by atoms with Crippen molar-refractivity contribution in [3.05, 3.63) is 29.8 Å². The molecule has 1 saturated carbocycles. The fourth-order valence-electron chi connectivity index (χ4n) is 3.05. The largest absolute Gasteiger partial charge is 0.446 e. The van der Waals surface area contributed by atoms with E-state index in [1.54, 1.807) is 12.1 Å². The Hall–Kier alpha value is -0.430. The maximum Gasteiger partial charge on any atom is 0.446 e. The van der Waals surface area contributed by atoms with E-state index < -0.39 is 5.51 Å². The maximum absolute atomic E-state index is 12.4. The van der Waals surface area contributed by atoms with Gasteiger partial charge in [-0.2, -0.15) is 13.2 Å². The summed E-state index contributed by atoms with van der Waals surface area (Å²) >= 11 is -0.0406. The molecule has 2 nitrogen and oxygen atoms in total. The van der Waals surface area contributed by atoms with Crippen molar-refractivity contribution < 1.29 is 13.2 Å². The van der Waals surface area contributed by atoms with Gasteiger partial charge in [-0.3, -0.25) is 4.90 Å². The molecular formula is C16H22ClF3N2S. The van der Waals surface area contributed by atoms with Crippen LogP contribution in [0.2, 0.25) is 0 Å². The van der Waals surface area contributed by atoms with Crippen molar-refractivity contribution >= 4 is 24.2 Å². The summed E-state index contributed by atoms with van der Waals surface area (Å²) < 4.78 is 37.3. The minimum Gasteiger partial charge on any atom is -0.314 e. The molecule has 1 aromatic carbocycles. The molecule has 3 rings (SSSR count). The Morgan fingerprint density at radius 3 is 2.26 bits per heavy atom. The van der Waals surface area contributed by atoms with E-state index in [0.29, 0.717) is 6.04 Å². The number of nitrogens with zero attached hydrogens (tertiary/aromatic N) is 1. The SMILES string of the molecule is Cl.FC(F)(F)Sc1ccc([C@H](CC2CC2)N2CCNCC2)cc1. The molecule has 1 heterocycles. The summed E-state index contributed by atoms with van der Waals surface area (Å²) in [5.74, 6) is 0.795. The molecule has 0 amide bonds. The first-order valence-electron chi connectivity index (χ1n) is 7.82. The molecule has 0 unspecified atom stereocenters. The Morgan fingerprint density at radius 2 is 1.74 bits per heavy atom. The number of thioether (sulfide) groups is 1. The summed E-state index contributed by atoms with van der Waals surface area (Å²) in [6, 6.07) is 7.32. The number of hydrogen-bond donors (Lipinski definition) is 1. The van der Waals surface area contributed by atoms with Crippen LogP contribution in [0.15, 0.2) is 29.2 Å².